The van der Waals surface area contributed by atoms with Gasteiger partial charge in [0.1, 0.15) is 5.52 Å². The van der Waals surface area contributed by atoms with Gasteiger partial charge in [0.05, 0.1) is 12.2 Å². The van der Waals surface area contributed by atoms with Crippen molar-refractivity contribution in [2.45, 2.75) is 13.1 Å². The highest BCUT2D eigenvalue weighted by Crippen LogP contribution is 2.33. The summed E-state index contributed by atoms with van der Waals surface area (Å²) in [6, 6.07) is 9.09. The number of oxazole rings is 1. The van der Waals surface area contributed by atoms with E-state index in [0.717, 1.165) is 16.7 Å². The van der Waals surface area contributed by atoms with Crippen LogP contribution < -0.4 is 5.56 Å². The highest BCUT2D eigenvalue weighted by molar-refractivity contribution is 5.86. The molecule has 0 unspecified atom stereocenters. The first-order valence-electron chi connectivity index (χ1n) is 9.12. The van der Waals surface area contributed by atoms with Crippen LogP contribution in [-0.4, -0.2) is 27.1 Å². The van der Waals surface area contributed by atoms with Crippen molar-refractivity contribution in [3.05, 3.63) is 76.7 Å². The van der Waals surface area contributed by atoms with Crippen LogP contribution in [0.15, 0.2) is 64.1 Å². The zero-order valence-electron chi connectivity index (χ0n) is 16.0. The number of esters is 1. The van der Waals surface area contributed by atoms with Gasteiger partial charge in [-0.05, 0) is 31.2 Å². The number of halogens is 3. The summed E-state index contributed by atoms with van der Waals surface area (Å²) >= 11 is 0. The van der Waals surface area contributed by atoms with Gasteiger partial charge in [0.25, 0.3) is 5.56 Å². The van der Waals surface area contributed by atoms with Crippen molar-refractivity contribution >= 4 is 16.9 Å². The molecule has 0 spiro atoms. The lowest BCUT2D eigenvalue weighted by molar-refractivity contribution is -0.137. The summed E-state index contributed by atoms with van der Waals surface area (Å²) in [5.74, 6) is -1.43. The van der Waals surface area contributed by atoms with Gasteiger partial charge < -0.3 is 9.15 Å². The Morgan fingerprint density at radius 3 is 2.58 bits per heavy atom. The van der Waals surface area contributed by atoms with Crippen molar-refractivity contribution in [2.24, 2.45) is 0 Å². The molecule has 0 bridgehead atoms. The molecule has 0 aliphatic heterocycles. The van der Waals surface area contributed by atoms with Crippen LogP contribution in [0.1, 0.15) is 23.2 Å². The lowest BCUT2D eigenvalue weighted by atomic mass is 10.1. The molecule has 0 aliphatic rings. The molecule has 10 heteroatoms. The Labute approximate surface area is 172 Å². The predicted molar refractivity (Wildman–Crippen MR) is 104 cm³/mol. The number of hydrogen-bond donors (Lipinski definition) is 0. The van der Waals surface area contributed by atoms with Crippen molar-refractivity contribution in [3.63, 3.8) is 0 Å². The van der Waals surface area contributed by atoms with Gasteiger partial charge >= 0.3 is 18.0 Å². The molecule has 31 heavy (non-hydrogen) atoms. The minimum Gasteiger partial charge on any atom is -0.459 e. The molecule has 0 amide bonds. The van der Waals surface area contributed by atoms with Gasteiger partial charge in [-0.3, -0.25) is 14.3 Å². The van der Waals surface area contributed by atoms with Gasteiger partial charge in [-0.25, -0.2) is 4.79 Å². The van der Waals surface area contributed by atoms with E-state index in [1.807, 2.05) is 0 Å². The maximum absolute atomic E-state index is 13.0. The van der Waals surface area contributed by atoms with Crippen LogP contribution in [0.3, 0.4) is 0 Å². The molecular formula is C21H14F3N3O4. The van der Waals surface area contributed by atoms with Crippen molar-refractivity contribution in [3.8, 4) is 17.1 Å². The van der Waals surface area contributed by atoms with Crippen LogP contribution in [-0.2, 0) is 10.9 Å². The van der Waals surface area contributed by atoms with Crippen molar-refractivity contribution in [1.82, 2.24) is 14.5 Å². The van der Waals surface area contributed by atoms with E-state index in [9.17, 15) is 22.8 Å². The molecule has 7 nitrogen and oxygen atoms in total. The first kappa shape index (κ1) is 20.3. The maximum Gasteiger partial charge on any atom is 0.416 e. The van der Waals surface area contributed by atoms with Crippen molar-refractivity contribution < 1.29 is 27.1 Å². The number of fused-ring (bicyclic) bond motifs is 1. The minimum atomic E-state index is -4.51. The SMILES string of the molecule is CCOC(=O)c1nc(-n2ccc3cccnc3c2=O)c(-c2ccc(C(F)(F)F)cc2)o1. The number of benzene rings is 1. The Kier molecular flexibility index (Phi) is 5.05. The molecule has 0 radical (unpaired) electrons. The fourth-order valence-corrected chi connectivity index (χ4v) is 2.99. The number of nitrogens with zero attached hydrogens (tertiary/aromatic N) is 3. The lowest BCUT2D eigenvalue weighted by Gasteiger charge is -2.08. The number of carbonyl (C=O) groups is 1. The number of carbonyl (C=O) groups excluding carboxylic acids is 1. The number of alkyl halides is 3. The maximum atomic E-state index is 13.0. The zero-order valence-corrected chi connectivity index (χ0v) is 16.0. The summed E-state index contributed by atoms with van der Waals surface area (Å²) in [5, 5.41) is 0.592. The summed E-state index contributed by atoms with van der Waals surface area (Å²) in [4.78, 5) is 33.2. The molecule has 0 saturated carbocycles. The average molecular weight is 429 g/mol. The van der Waals surface area contributed by atoms with Gasteiger partial charge in [0.2, 0.25) is 0 Å². The summed E-state index contributed by atoms with van der Waals surface area (Å²) in [7, 11) is 0. The molecule has 0 fully saturated rings. The second kappa shape index (κ2) is 7.71. The Hall–Kier alpha value is -3.95. The Balaban J connectivity index is 1.91. The molecular weight excluding hydrogens is 415 g/mol. The van der Waals surface area contributed by atoms with E-state index < -0.39 is 29.2 Å². The minimum absolute atomic E-state index is 0.0610. The first-order valence-corrected chi connectivity index (χ1v) is 9.12. The van der Waals surface area contributed by atoms with Crippen LogP contribution in [0.4, 0.5) is 13.2 Å². The number of aromatic nitrogens is 3. The molecule has 3 aromatic heterocycles. The highest BCUT2D eigenvalue weighted by Gasteiger charge is 2.31. The van der Waals surface area contributed by atoms with Crippen molar-refractivity contribution in [1.29, 1.82) is 0 Å². The van der Waals surface area contributed by atoms with E-state index in [0.29, 0.717) is 5.39 Å². The molecule has 4 aromatic rings. The molecule has 3 heterocycles. The summed E-state index contributed by atoms with van der Waals surface area (Å²) in [6.07, 6.45) is -1.63. The van der Waals surface area contributed by atoms with Crippen LogP contribution in [0.5, 0.6) is 0 Å². The third kappa shape index (κ3) is 3.79. The summed E-state index contributed by atoms with van der Waals surface area (Å²) in [6.45, 7) is 1.66. The predicted octanol–water partition coefficient (Wildman–Crippen LogP) is 4.24. The third-order valence-electron chi connectivity index (χ3n) is 4.43. The van der Waals surface area contributed by atoms with Gasteiger partial charge in [-0.15, -0.1) is 0 Å². The monoisotopic (exact) mass is 429 g/mol. The van der Waals surface area contributed by atoms with E-state index in [1.54, 1.807) is 25.1 Å². The Morgan fingerprint density at radius 2 is 1.90 bits per heavy atom. The van der Waals surface area contributed by atoms with Crippen LogP contribution in [0, 0.1) is 0 Å². The molecule has 0 atom stereocenters. The van der Waals surface area contributed by atoms with Gasteiger partial charge in [0, 0.05) is 23.3 Å². The lowest BCUT2D eigenvalue weighted by Crippen LogP contribution is -2.19. The standard InChI is InChI=1S/C21H14F3N3O4/c1-2-30-20(29)18-26-17(27-11-9-12-4-3-10-25-15(12)19(27)28)16(31-18)13-5-7-14(8-6-13)21(22,23)24/h3-11H,2H2,1H3. The van der Waals surface area contributed by atoms with Gasteiger partial charge in [-0.1, -0.05) is 18.2 Å². The largest absolute Gasteiger partial charge is 0.459 e. The van der Waals surface area contributed by atoms with Crippen LogP contribution in [0.2, 0.25) is 0 Å². The van der Waals surface area contributed by atoms with Gasteiger partial charge in [0.15, 0.2) is 11.6 Å². The number of hydrogen-bond acceptors (Lipinski definition) is 6. The second-order valence-corrected chi connectivity index (χ2v) is 6.40. The smallest absolute Gasteiger partial charge is 0.416 e. The average Bonchev–Trinajstić information content (AvgIpc) is 3.19. The molecule has 1 aromatic carbocycles. The van der Waals surface area contributed by atoms with Crippen LogP contribution >= 0.6 is 0 Å². The fraction of sp³-hybridized carbons (Fsp3) is 0.143. The van der Waals surface area contributed by atoms with Crippen LogP contribution in [0.25, 0.3) is 28.0 Å². The second-order valence-electron chi connectivity index (χ2n) is 6.40. The first-order chi connectivity index (χ1) is 14.8. The molecule has 0 saturated heterocycles. The number of rotatable bonds is 4. The quantitative estimate of drug-likeness (QED) is 0.451. The third-order valence-corrected chi connectivity index (χ3v) is 4.43. The van der Waals surface area contributed by atoms with Crippen molar-refractivity contribution in [2.75, 3.05) is 6.61 Å². The molecule has 0 aliphatic carbocycles. The summed E-state index contributed by atoms with van der Waals surface area (Å²) < 4.78 is 50.3. The molecule has 158 valence electrons. The number of pyridine rings is 2. The van der Waals surface area contributed by atoms with E-state index in [1.165, 1.54) is 24.5 Å². The normalized spacial score (nSPS) is 11.6. The van der Waals surface area contributed by atoms with E-state index in [4.69, 9.17) is 9.15 Å². The Bertz CT molecular complexity index is 1320. The van der Waals surface area contributed by atoms with E-state index in [2.05, 4.69) is 9.97 Å². The molecule has 0 N–H and O–H groups in total. The zero-order chi connectivity index (χ0) is 22.2. The summed E-state index contributed by atoms with van der Waals surface area (Å²) in [5.41, 5.74) is -1.03. The molecule has 4 rings (SSSR count). The highest BCUT2D eigenvalue weighted by atomic mass is 19.4. The van der Waals surface area contributed by atoms with E-state index in [-0.39, 0.29) is 29.3 Å². The Morgan fingerprint density at radius 1 is 1.16 bits per heavy atom. The van der Waals surface area contributed by atoms with E-state index >= 15 is 0 Å². The fourth-order valence-electron chi connectivity index (χ4n) is 2.99. The topological polar surface area (TPSA) is 87.2 Å². The van der Waals surface area contributed by atoms with Gasteiger partial charge in [-0.2, -0.15) is 18.2 Å². The number of ether oxygens (including phenoxy) is 1.